The average molecular weight is 275 g/mol. The fraction of sp³-hybridized carbons (Fsp3) is 0.467. The molecule has 2 amide bonds. The van der Waals surface area contributed by atoms with Crippen LogP contribution in [0.3, 0.4) is 0 Å². The number of anilines is 1. The van der Waals surface area contributed by atoms with E-state index in [1.165, 1.54) is 6.92 Å². The first-order valence-corrected chi connectivity index (χ1v) is 6.95. The molecule has 1 aliphatic carbocycles. The Morgan fingerprint density at radius 2 is 1.90 bits per heavy atom. The molecule has 1 aliphatic rings. The van der Waals surface area contributed by atoms with Gasteiger partial charge < -0.3 is 16.0 Å². The van der Waals surface area contributed by atoms with Crippen molar-refractivity contribution in [2.45, 2.75) is 45.3 Å². The SMILES string of the molecule is CC(=O)Nc1ccc(CNC(C)C(=O)NC2CC2)cc1. The lowest BCUT2D eigenvalue weighted by Gasteiger charge is -2.14. The lowest BCUT2D eigenvalue weighted by molar-refractivity contribution is -0.123. The smallest absolute Gasteiger partial charge is 0.237 e. The second kappa shape index (κ2) is 6.52. The van der Waals surface area contributed by atoms with Crippen LogP contribution < -0.4 is 16.0 Å². The maximum Gasteiger partial charge on any atom is 0.237 e. The zero-order valence-corrected chi connectivity index (χ0v) is 11.9. The van der Waals surface area contributed by atoms with E-state index in [1.54, 1.807) is 0 Å². The highest BCUT2D eigenvalue weighted by Crippen LogP contribution is 2.18. The fourth-order valence-corrected chi connectivity index (χ4v) is 1.83. The molecule has 1 unspecified atom stereocenters. The largest absolute Gasteiger partial charge is 0.352 e. The first kappa shape index (κ1) is 14.5. The van der Waals surface area contributed by atoms with E-state index in [0.29, 0.717) is 12.6 Å². The highest BCUT2D eigenvalue weighted by Gasteiger charge is 2.25. The van der Waals surface area contributed by atoms with Gasteiger partial charge in [0.2, 0.25) is 11.8 Å². The number of nitrogens with one attached hydrogen (secondary N) is 3. The van der Waals surface area contributed by atoms with Gasteiger partial charge in [0.15, 0.2) is 0 Å². The molecule has 0 saturated heterocycles. The molecule has 1 atom stereocenters. The molecule has 0 spiro atoms. The van der Waals surface area contributed by atoms with Crippen molar-refractivity contribution in [2.75, 3.05) is 5.32 Å². The molecule has 0 heterocycles. The molecule has 5 heteroatoms. The van der Waals surface area contributed by atoms with Gasteiger partial charge in [0.05, 0.1) is 6.04 Å². The molecule has 1 saturated carbocycles. The number of carbonyl (C=O) groups excluding carboxylic acids is 2. The van der Waals surface area contributed by atoms with Gasteiger partial charge in [-0.2, -0.15) is 0 Å². The van der Waals surface area contributed by atoms with Crippen LogP contribution in [-0.2, 0) is 16.1 Å². The van der Waals surface area contributed by atoms with Gasteiger partial charge in [0.1, 0.15) is 0 Å². The zero-order chi connectivity index (χ0) is 14.5. The third-order valence-corrected chi connectivity index (χ3v) is 3.20. The summed E-state index contributed by atoms with van der Waals surface area (Å²) in [7, 11) is 0. The van der Waals surface area contributed by atoms with Crippen LogP contribution in [0.25, 0.3) is 0 Å². The molecule has 5 nitrogen and oxygen atoms in total. The summed E-state index contributed by atoms with van der Waals surface area (Å²) in [6, 6.07) is 7.77. The van der Waals surface area contributed by atoms with E-state index in [9.17, 15) is 9.59 Å². The molecule has 108 valence electrons. The minimum Gasteiger partial charge on any atom is -0.352 e. The number of carbonyl (C=O) groups is 2. The third kappa shape index (κ3) is 4.66. The van der Waals surface area contributed by atoms with E-state index in [1.807, 2.05) is 31.2 Å². The Morgan fingerprint density at radius 1 is 1.25 bits per heavy atom. The predicted octanol–water partition coefficient (Wildman–Crippen LogP) is 1.40. The van der Waals surface area contributed by atoms with E-state index >= 15 is 0 Å². The Kier molecular flexibility index (Phi) is 4.74. The molecule has 0 aliphatic heterocycles. The van der Waals surface area contributed by atoms with Crippen LogP contribution >= 0.6 is 0 Å². The van der Waals surface area contributed by atoms with Crippen LogP contribution in [0, 0.1) is 0 Å². The monoisotopic (exact) mass is 275 g/mol. The predicted molar refractivity (Wildman–Crippen MR) is 78.2 cm³/mol. The van der Waals surface area contributed by atoms with Crippen LogP contribution in [0.1, 0.15) is 32.3 Å². The summed E-state index contributed by atoms with van der Waals surface area (Å²) in [6.07, 6.45) is 2.20. The maximum atomic E-state index is 11.8. The van der Waals surface area contributed by atoms with Crippen molar-refractivity contribution >= 4 is 17.5 Å². The molecule has 1 fully saturated rings. The summed E-state index contributed by atoms with van der Waals surface area (Å²) in [5, 5.41) is 8.88. The topological polar surface area (TPSA) is 70.2 Å². The summed E-state index contributed by atoms with van der Waals surface area (Å²) in [5.41, 5.74) is 1.85. The summed E-state index contributed by atoms with van der Waals surface area (Å²) < 4.78 is 0. The van der Waals surface area contributed by atoms with E-state index in [0.717, 1.165) is 24.1 Å². The van der Waals surface area contributed by atoms with Gasteiger partial charge in [0, 0.05) is 25.2 Å². The van der Waals surface area contributed by atoms with Gasteiger partial charge in [0.25, 0.3) is 0 Å². The molecule has 20 heavy (non-hydrogen) atoms. The van der Waals surface area contributed by atoms with E-state index < -0.39 is 0 Å². The summed E-state index contributed by atoms with van der Waals surface area (Å²) in [5.74, 6) is -0.0244. The highest BCUT2D eigenvalue weighted by molar-refractivity contribution is 5.88. The molecule has 1 aromatic rings. The molecule has 3 N–H and O–H groups in total. The molecule has 1 aromatic carbocycles. The number of benzene rings is 1. The lowest BCUT2D eigenvalue weighted by atomic mass is 10.2. The van der Waals surface area contributed by atoms with E-state index in [2.05, 4.69) is 16.0 Å². The zero-order valence-electron chi connectivity index (χ0n) is 11.9. The number of hydrogen-bond acceptors (Lipinski definition) is 3. The molecule has 0 aromatic heterocycles. The van der Waals surface area contributed by atoms with Crippen molar-refractivity contribution in [1.82, 2.24) is 10.6 Å². The molecule has 0 bridgehead atoms. The average Bonchev–Trinajstić information content (AvgIpc) is 3.20. The minimum absolute atomic E-state index is 0.0577. The standard InChI is InChI=1S/C15H21N3O2/c1-10(15(20)18-14-7-8-14)16-9-12-3-5-13(6-4-12)17-11(2)19/h3-6,10,14,16H,7-9H2,1-2H3,(H,17,19)(H,18,20). The Bertz CT molecular complexity index is 480. The van der Waals surface area contributed by atoms with E-state index in [4.69, 9.17) is 0 Å². The Labute approximate surface area is 119 Å². The second-order valence-electron chi connectivity index (χ2n) is 5.26. The first-order chi connectivity index (χ1) is 9.54. The van der Waals surface area contributed by atoms with Gasteiger partial charge in [-0.3, -0.25) is 9.59 Å². The van der Waals surface area contributed by atoms with Gasteiger partial charge in [-0.25, -0.2) is 0 Å². The fourth-order valence-electron chi connectivity index (χ4n) is 1.83. The van der Waals surface area contributed by atoms with Gasteiger partial charge in [-0.05, 0) is 37.5 Å². The van der Waals surface area contributed by atoms with Gasteiger partial charge in [-0.1, -0.05) is 12.1 Å². The Balaban J connectivity index is 1.77. The molecular formula is C15H21N3O2. The quantitative estimate of drug-likeness (QED) is 0.735. The van der Waals surface area contributed by atoms with Crippen LogP contribution in [0.2, 0.25) is 0 Å². The van der Waals surface area contributed by atoms with Crippen LogP contribution in [-0.4, -0.2) is 23.9 Å². The second-order valence-corrected chi connectivity index (χ2v) is 5.26. The lowest BCUT2D eigenvalue weighted by Crippen LogP contribution is -2.42. The summed E-state index contributed by atoms with van der Waals surface area (Å²) >= 11 is 0. The Hall–Kier alpha value is -1.88. The van der Waals surface area contributed by atoms with Crippen LogP contribution in [0.15, 0.2) is 24.3 Å². The third-order valence-electron chi connectivity index (χ3n) is 3.20. The molecular weight excluding hydrogens is 254 g/mol. The van der Waals surface area contributed by atoms with E-state index in [-0.39, 0.29) is 17.9 Å². The van der Waals surface area contributed by atoms with Gasteiger partial charge in [-0.15, -0.1) is 0 Å². The number of hydrogen-bond donors (Lipinski definition) is 3. The van der Waals surface area contributed by atoms with Gasteiger partial charge >= 0.3 is 0 Å². The van der Waals surface area contributed by atoms with Crippen LogP contribution in [0.4, 0.5) is 5.69 Å². The van der Waals surface area contributed by atoms with Crippen molar-refractivity contribution in [1.29, 1.82) is 0 Å². The van der Waals surface area contributed by atoms with Crippen molar-refractivity contribution in [3.63, 3.8) is 0 Å². The first-order valence-electron chi connectivity index (χ1n) is 6.95. The minimum atomic E-state index is -0.203. The normalized spacial score (nSPS) is 15.5. The van der Waals surface area contributed by atoms with Crippen molar-refractivity contribution in [2.24, 2.45) is 0 Å². The number of amides is 2. The van der Waals surface area contributed by atoms with Crippen molar-refractivity contribution in [3.8, 4) is 0 Å². The van der Waals surface area contributed by atoms with Crippen molar-refractivity contribution < 1.29 is 9.59 Å². The highest BCUT2D eigenvalue weighted by atomic mass is 16.2. The maximum absolute atomic E-state index is 11.8. The summed E-state index contributed by atoms with van der Waals surface area (Å²) in [4.78, 5) is 22.7. The molecule has 2 rings (SSSR count). The Morgan fingerprint density at radius 3 is 2.45 bits per heavy atom. The summed E-state index contributed by atoms with van der Waals surface area (Å²) in [6.45, 7) is 3.97. The number of rotatable bonds is 6. The molecule has 0 radical (unpaired) electrons. The van der Waals surface area contributed by atoms with Crippen LogP contribution in [0.5, 0.6) is 0 Å². The van der Waals surface area contributed by atoms with Crippen molar-refractivity contribution in [3.05, 3.63) is 29.8 Å².